The number of nitrogens with zero attached hydrogens (tertiary/aromatic N) is 1. The van der Waals surface area contributed by atoms with Gasteiger partial charge in [-0.25, -0.2) is 8.42 Å². The molecule has 26 heavy (non-hydrogen) atoms. The minimum absolute atomic E-state index is 0.0608. The topological polar surface area (TPSA) is 92.8 Å². The average Bonchev–Trinajstić information content (AvgIpc) is 2.59. The van der Waals surface area contributed by atoms with Gasteiger partial charge in [0.15, 0.2) is 6.61 Å². The average molecular weight is 382 g/mol. The van der Waals surface area contributed by atoms with Gasteiger partial charge in [0.2, 0.25) is 10.0 Å². The number of carbonyl (C=O) groups excluding carboxylic acids is 2. The van der Waals surface area contributed by atoms with E-state index in [1.165, 1.54) is 16.4 Å². The molecule has 1 N–H and O–H groups in total. The zero-order valence-electron chi connectivity index (χ0n) is 15.4. The highest BCUT2D eigenvalue weighted by atomic mass is 32.2. The standard InChI is InChI=1S/C18H26N2O5S/c1-13(2)19-17(21)12-25-18(22)16-6-4-5-11-20(16)26(23,24)15-9-7-14(3)8-10-15/h7-10,13,16H,4-6,11-12H2,1-3H3,(H,19,21). The van der Waals surface area contributed by atoms with Gasteiger partial charge in [-0.2, -0.15) is 4.31 Å². The summed E-state index contributed by atoms with van der Waals surface area (Å²) in [6, 6.07) is 5.56. The molecule has 0 bridgehead atoms. The minimum Gasteiger partial charge on any atom is -0.454 e. The number of ether oxygens (including phenoxy) is 1. The van der Waals surface area contributed by atoms with Crippen molar-refractivity contribution in [3.8, 4) is 0 Å². The second kappa shape index (κ2) is 8.64. The van der Waals surface area contributed by atoms with Crippen molar-refractivity contribution in [2.45, 2.75) is 57.0 Å². The van der Waals surface area contributed by atoms with Crippen molar-refractivity contribution in [1.82, 2.24) is 9.62 Å². The molecular formula is C18H26N2O5S. The third kappa shape index (κ3) is 5.04. The van der Waals surface area contributed by atoms with Gasteiger partial charge in [-0.15, -0.1) is 0 Å². The number of rotatable bonds is 6. The van der Waals surface area contributed by atoms with Crippen molar-refractivity contribution < 1.29 is 22.7 Å². The summed E-state index contributed by atoms with van der Waals surface area (Å²) in [5.74, 6) is -1.09. The summed E-state index contributed by atoms with van der Waals surface area (Å²) in [5, 5.41) is 2.63. The molecule has 1 fully saturated rings. The van der Waals surface area contributed by atoms with Crippen molar-refractivity contribution in [3.63, 3.8) is 0 Å². The Morgan fingerprint density at radius 3 is 2.50 bits per heavy atom. The normalized spacial score (nSPS) is 18.5. The molecule has 0 spiro atoms. The van der Waals surface area contributed by atoms with E-state index >= 15 is 0 Å². The molecule has 0 aliphatic carbocycles. The van der Waals surface area contributed by atoms with Crippen LogP contribution in [0.5, 0.6) is 0 Å². The van der Waals surface area contributed by atoms with Gasteiger partial charge in [-0.1, -0.05) is 17.7 Å². The van der Waals surface area contributed by atoms with E-state index in [0.717, 1.165) is 12.0 Å². The number of hydrogen-bond donors (Lipinski definition) is 1. The zero-order valence-corrected chi connectivity index (χ0v) is 16.2. The number of hydrogen-bond acceptors (Lipinski definition) is 5. The quantitative estimate of drug-likeness (QED) is 0.755. The number of aryl methyl sites for hydroxylation is 1. The molecule has 1 atom stereocenters. The van der Waals surface area contributed by atoms with Gasteiger partial charge in [0.25, 0.3) is 5.91 Å². The first-order chi connectivity index (χ1) is 12.2. The van der Waals surface area contributed by atoms with Crippen molar-refractivity contribution in [2.75, 3.05) is 13.2 Å². The Hall–Kier alpha value is -1.93. The fourth-order valence-electron chi connectivity index (χ4n) is 2.87. The van der Waals surface area contributed by atoms with Crippen LogP contribution in [0.1, 0.15) is 38.7 Å². The van der Waals surface area contributed by atoms with E-state index in [9.17, 15) is 18.0 Å². The molecule has 0 radical (unpaired) electrons. The Kier molecular flexibility index (Phi) is 6.77. The van der Waals surface area contributed by atoms with Crippen LogP contribution in [0.4, 0.5) is 0 Å². The maximum absolute atomic E-state index is 12.9. The lowest BCUT2D eigenvalue weighted by atomic mass is 10.1. The fourth-order valence-corrected chi connectivity index (χ4v) is 4.52. The van der Waals surface area contributed by atoms with Crippen molar-refractivity contribution in [1.29, 1.82) is 0 Å². The molecule has 1 saturated heterocycles. The molecule has 0 aromatic heterocycles. The molecule has 1 aromatic carbocycles. The van der Waals surface area contributed by atoms with Gasteiger partial charge < -0.3 is 10.1 Å². The zero-order chi connectivity index (χ0) is 19.3. The smallest absolute Gasteiger partial charge is 0.324 e. The molecule has 2 rings (SSSR count). The summed E-state index contributed by atoms with van der Waals surface area (Å²) < 4.78 is 32.1. The predicted octanol–water partition coefficient (Wildman–Crippen LogP) is 1.61. The van der Waals surface area contributed by atoms with E-state index in [2.05, 4.69) is 5.32 Å². The summed E-state index contributed by atoms with van der Waals surface area (Å²) in [7, 11) is -3.80. The number of carbonyl (C=O) groups is 2. The van der Waals surface area contributed by atoms with Crippen LogP contribution in [-0.2, 0) is 24.3 Å². The predicted molar refractivity (Wildman–Crippen MR) is 96.9 cm³/mol. The second-order valence-corrected chi connectivity index (χ2v) is 8.66. The summed E-state index contributed by atoms with van der Waals surface area (Å²) in [4.78, 5) is 24.2. The molecule has 8 heteroatoms. The van der Waals surface area contributed by atoms with Crippen molar-refractivity contribution >= 4 is 21.9 Å². The molecule has 144 valence electrons. The molecule has 1 heterocycles. The van der Waals surface area contributed by atoms with Gasteiger partial charge in [0.05, 0.1) is 4.90 Å². The van der Waals surface area contributed by atoms with Crippen LogP contribution in [-0.4, -0.2) is 49.8 Å². The van der Waals surface area contributed by atoms with Crippen LogP contribution in [0.2, 0.25) is 0 Å². The third-order valence-electron chi connectivity index (χ3n) is 4.15. The lowest BCUT2D eigenvalue weighted by molar-refractivity contribution is -0.153. The molecule has 1 amide bonds. The second-order valence-electron chi connectivity index (χ2n) is 6.77. The maximum atomic E-state index is 12.9. The third-order valence-corrected chi connectivity index (χ3v) is 6.07. The highest BCUT2D eigenvalue weighted by Crippen LogP contribution is 2.26. The van der Waals surface area contributed by atoms with Crippen LogP contribution >= 0.6 is 0 Å². The van der Waals surface area contributed by atoms with Crippen LogP contribution in [0.15, 0.2) is 29.2 Å². The van der Waals surface area contributed by atoms with E-state index in [1.54, 1.807) is 26.0 Å². The Labute approximate surface area is 154 Å². The van der Waals surface area contributed by atoms with E-state index in [-0.39, 0.29) is 17.5 Å². The number of piperidine rings is 1. The number of sulfonamides is 1. The summed E-state index contributed by atoms with van der Waals surface area (Å²) in [6.45, 7) is 5.33. The first-order valence-corrected chi connectivity index (χ1v) is 10.2. The molecule has 1 aliphatic rings. The fraction of sp³-hybridized carbons (Fsp3) is 0.556. The number of benzene rings is 1. The van der Waals surface area contributed by atoms with Crippen molar-refractivity contribution in [3.05, 3.63) is 29.8 Å². The number of nitrogens with one attached hydrogen (secondary N) is 1. The lowest BCUT2D eigenvalue weighted by Crippen LogP contribution is -2.49. The molecule has 1 aliphatic heterocycles. The first-order valence-electron chi connectivity index (χ1n) is 8.76. The first kappa shape index (κ1) is 20.4. The monoisotopic (exact) mass is 382 g/mol. The van der Waals surface area contributed by atoms with Gasteiger partial charge in [0.1, 0.15) is 6.04 Å². The molecule has 7 nitrogen and oxygen atoms in total. The van der Waals surface area contributed by atoms with Crippen LogP contribution in [0.25, 0.3) is 0 Å². The highest BCUT2D eigenvalue weighted by molar-refractivity contribution is 7.89. The summed E-state index contributed by atoms with van der Waals surface area (Å²) in [5.41, 5.74) is 0.953. The molecular weight excluding hydrogens is 356 g/mol. The van der Waals surface area contributed by atoms with Crippen molar-refractivity contribution in [2.24, 2.45) is 0 Å². The lowest BCUT2D eigenvalue weighted by Gasteiger charge is -2.33. The van der Waals surface area contributed by atoms with Gasteiger partial charge in [0, 0.05) is 12.6 Å². The number of amides is 1. The van der Waals surface area contributed by atoms with Gasteiger partial charge in [-0.3, -0.25) is 9.59 Å². The molecule has 1 aromatic rings. The van der Waals surface area contributed by atoms with E-state index in [0.29, 0.717) is 12.8 Å². The van der Waals surface area contributed by atoms with Crippen LogP contribution < -0.4 is 5.32 Å². The van der Waals surface area contributed by atoms with Gasteiger partial charge >= 0.3 is 5.97 Å². The highest BCUT2D eigenvalue weighted by Gasteiger charge is 2.38. The maximum Gasteiger partial charge on any atom is 0.324 e. The van der Waals surface area contributed by atoms with Gasteiger partial charge in [-0.05, 0) is 52.2 Å². The molecule has 1 unspecified atom stereocenters. The Bertz CT molecular complexity index is 743. The summed E-state index contributed by atoms with van der Waals surface area (Å²) in [6.07, 6.45) is 1.80. The number of esters is 1. The van der Waals surface area contributed by atoms with E-state index < -0.39 is 34.5 Å². The van der Waals surface area contributed by atoms with E-state index in [1.807, 2.05) is 6.92 Å². The summed E-state index contributed by atoms with van der Waals surface area (Å²) >= 11 is 0. The van der Waals surface area contributed by atoms with Crippen LogP contribution in [0, 0.1) is 6.92 Å². The Balaban J connectivity index is 2.12. The SMILES string of the molecule is Cc1ccc(S(=O)(=O)N2CCCCC2C(=O)OCC(=O)NC(C)C)cc1. The van der Waals surface area contributed by atoms with Crippen LogP contribution in [0.3, 0.4) is 0 Å². The Morgan fingerprint density at radius 1 is 1.23 bits per heavy atom. The minimum atomic E-state index is -3.80. The Morgan fingerprint density at radius 2 is 1.88 bits per heavy atom. The molecule has 0 saturated carbocycles. The van der Waals surface area contributed by atoms with E-state index in [4.69, 9.17) is 4.74 Å². The largest absolute Gasteiger partial charge is 0.454 e.